The number of aliphatic hydroxyl groups is 1. The van der Waals surface area contributed by atoms with Crippen LogP contribution in [-0.2, 0) is 0 Å². The molecule has 0 bridgehead atoms. The van der Waals surface area contributed by atoms with Gasteiger partial charge in [-0.1, -0.05) is 20.3 Å². The van der Waals surface area contributed by atoms with Gasteiger partial charge in [0.1, 0.15) is 0 Å². The monoisotopic (exact) mass is 120 g/mol. The maximum absolute atomic E-state index is 8.47. The summed E-state index contributed by atoms with van der Waals surface area (Å²) in [6.45, 7) is 4.53. The van der Waals surface area contributed by atoms with Crippen molar-refractivity contribution in [1.29, 1.82) is 0 Å². The van der Waals surface area contributed by atoms with Crippen molar-refractivity contribution >= 4 is 0 Å². The predicted molar refractivity (Wildman–Crippen MR) is 34.8 cm³/mol. The lowest BCUT2D eigenvalue weighted by atomic mass is 10.1. The van der Waals surface area contributed by atoms with Gasteiger partial charge in [0.2, 0.25) is 0 Å². The van der Waals surface area contributed by atoms with Crippen LogP contribution in [0.1, 0.15) is 26.7 Å². The van der Waals surface area contributed by atoms with Crippen LogP contribution in [0, 0.1) is 5.92 Å². The van der Waals surface area contributed by atoms with Gasteiger partial charge < -0.3 is 10.6 Å². The van der Waals surface area contributed by atoms with Gasteiger partial charge in [-0.05, 0) is 12.3 Å². The van der Waals surface area contributed by atoms with Crippen LogP contribution in [-0.4, -0.2) is 17.2 Å². The molecule has 0 heterocycles. The molecule has 2 nitrogen and oxygen atoms in total. The molecule has 0 fully saturated rings. The lowest BCUT2D eigenvalue weighted by Crippen LogP contribution is -1.98. The average molecular weight is 120 g/mol. The van der Waals surface area contributed by atoms with Gasteiger partial charge in [0.15, 0.2) is 0 Å². The van der Waals surface area contributed by atoms with Gasteiger partial charge in [0.25, 0.3) is 0 Å². The van der Waals surface area contributed by atoms with Crippen LogP contribution in [0.2, 0.25) is 0 Å². The van der Waals surface area contributed by atoms with Gasteiger partial charge in [-0.3, -0.25) is 0 Å². The van der Waals surface area contributed by atoms with E-state index in [2.05, 4.69) is 13.8 Å². The first-order valence-electron chi connectivity index (χ1n) is 2.92. The van der Waals surface area contributed by atoms with Gasteiger partial charge in [-0.15, -0.1) is 0 Å². The van der Waals surface area contributed by atoms with Crippen molar-refractivity contribution in [2.24, 2.45) is 5.92 Å². The van der Waals surface area contributed by atoms with Crippen molar-refractivity contribution in [3.63, 3.8) is 0 Å². The summed E-state index contributed by atoms with van der Waals surface area (Å²) in [7, 11) is 0. The third kappa shape index (κ3) is 5.92. The molecule has 3 N–H and O–H groups in total. The molecule has 0 aromatic carbocycles. The van der Waals surface area contributed by atoms with Gasteiger partial charge in [0, 0.05) is 6.61 Å². The van der Waals surface area contributed by atoms with Crippen LogP contribution in [0.25, 0.3) is 0 Å². The summed E-state index contributed by atoms with van der Waals surface area (Å²) >= 11 is 0. The standard InChI is InChI=1S/C6H14O.H2O/c1-3-4-6(2)5-7;/h6-7H,3-5H2,1-2H3;1H2. The Kier molecular flexibility index (Phi) is 9.36. The molecule has 52 valence electrons. The smallest absolute Gasteiger partial charge is 0.0456 e. The molecule has 0 saturated carbocycles. The summed E-state index contributed by atoms with van der Waals surface area (Å²) < 4.78 is 0. The van der Waals surface area contributed by atoms with Crippen LogP contribution in [0.4, 0.5) is 0 Å². The van der Waals surface area contributed by atoms with Gasteiger partial charge in [0.05, 0.1) is 0 Å². The molecular weight excluding hydrogens is 104 g/mol. The average Bonchev–Trinajstić information content (AvgIpc) is 1.68. The van der Waals surface area contributed by atoms with Gasteiger partial charge in [-0.2, -0.15) is 0 Å². The molecule has 0 aliphatic heterocycles. The molecule has 0 amide bonds. The van der Waals surface area contributed by atoms with E-state index < -0.39 is 0 Å². The van der Waals surface area contributed by atoms with E-state index in [1.165, 1.54) is 6.42 Å². The molecule has 0 aliphatic carbocycles. The second-order valence-electron chi connectivity index (χ2n) is 2.08. The minimum Gasteiger partial charge on any atom is -0.412 e. The fourth-order valence-electron chi connectivity index (χ4n) is 0.584. The van der Waals surface area contributed by atoms with E-state index in [0.29, 0.717) is 12.5 Å². The van der Waals surface area contributed by atoms with Crippen LogP contribution < -0.4 is 0 Å². The van der Waals surface area contributed by atoms with E-state index >= 15 is 0 Å². The minimum absolute atomic E-state index is 0. The first-order valence-corrected chi connectivity index (χ1v) is 2.92. The Hall–Kier alpha value is -0.0800. The molecule has 1 atom stereocenters. The number of hydrogen-bond acceptors (Lipinski definition) is 1. The normalized spacial score (nSPS) is 12.4. The first kappa shape index (κ1) is 10.8. The molecule has 0 radical (unpaired) electrons. The molecule has 0 aliphatic rings. The largest absolute Gasteiger partial charge is 0.412 e. The first-order chi connectivity index (χ1) is 3.31. The maximum atomic E-state index is 8.47. The highest BCUT2D eigenvalue weighted by atomic mass is 16.3. The Balaban J connectivity index is 0. The highest BCUT2D eigenvalue weighted by molar-refractivity contribution is 4.45. The van der Waals surface area contributed by atoms with Crippen LogP contribution in [0.15, 0.2) is 0 Å². The lowest BCUT2D eigenvalue weighted by Gasteiger charge is -2.01. The summed E-state index contributed by atoms with van der Waals surface area (Å²) in [6, 6.07) is 0. The molecule has 1 unspecified atom stereocenters. The fraction of sp³-hybridized carbons (Fsp3) is 1.00. The summed E-state index contributed by atoms with van der Waals surface area (Å²) in [5.74, 6) is 0.505. The van der Waals surface area contributed by atoms with E-state index in [0.717, 1.165) is 6.42 Å². The Morgan fingerprint density at radius 3 is 2.12 bits per heavy atom. The zero-order chi connectivity index (χ0) is 5.70. The Morgan fingerprint density at radius 2 is 2.00 bits per heavy atom. The molecular formula is C6H16O2. The van der Waals surface area contributed by atoms with Crippen LogP contribution in [0.3, 0.4) is 0 Å². The zero-order valence-corrected chi connectivity index (χ0v) is 5.65. The quantitative estimate of drug-likeness (QED) is 0.582. The number of hydrogen-bond donors (Lipinski definition) is 1. The number of aliphatic hydroxyl groups excluding tert-OH is 1. The van der Waals surface area contributed by atoms with Crippen LogP contribution >= 0.6 is 0 Å². The molecule has 0 rings (SSSR count). The highest BCUT2D eigenvalue weighted by Gasteiger charge is 1.93. The van der Waals surface area contributed by atoms with Crippen LogP contribution in [0.5, 0.6) is 0 Å². The SMILES string of the molecule is CCCC(C)CO.O. The van der Waals surface area contributed by atoms with Gasteiger partial charge in [-0.25, -0.2) is 0 Å². The third-order valence-electron chi connectivity index (χ3n) is 1.09. The molecule has 2 heteroatoms. The van der Waals surface area contributed by atoms with Crippen molar-refractivity contribution < 1.29 is 10.6 Å². The van der Waals surface area contributed by atoms with E-state index in [1.54, 1.807) is 0 Å². The third-order valence-corrected chi connectivity index (χ3v) is 1.09. The second kappa shape index (κ2) is 6.92. The molecule has 0 spiro atoms. The minimum atomic E-state index is 0. The summed E-state index contributed by atoms with van der Waals surface area (Å²) in [6.07, 6.45) is 2.33. The molecule has 0 saturated heterocycles. The zero-order valence-electron chi connectivity index (χ0n) is 5.65. The summed E-state index contributed by atoms with van der Waals surface area (Å²) in [4.78, 5) is 0. The Labute approximate surface area is 50.8 Å². The van der Waals surface area contributed by atoms with E-state index in [9.17, 15) is 0 Å². The van der Waals surface area contributed by atoms with Crippen molar-refractivity contribution in [1.82, 2.24) is 0 Å². The summed E-state index contributed by atoms with van der Waals surface area (Å²) in [5, 5.41) is 8.47. The highest BCUT2D eigenvalue weighted by Crippen LogP contribution is 2.01. The van der Waals surface area contributed by atoms with Crippen molar-refractivity contribution in [3.05, 3.63) is 0 Å². The van der Waals surface area contributed by atoms with Gasteiger partial charge >= 0.3 is 0 Å². The Morgan fingerprint density at radius 1 is 1.50 bits per heavy atom. The Bertz CT molecular complexity index is 37.5. The maximum Gasteiger partial charge on any atom is 0.0456 e. The lowest BCUT2D eigenvalue weighted by molar-refractivity contribution is 0.229. The second-order valence-corrected chi connectivity index (χ2v) is 2.08. The van der Waals surface area contributed by atoms with E-state index in [4.69, 9.17) is 5.11 Å². The molecule has 0 aromatic rings. The molecule has 8 heavy (non-hydrogen) atoms. The van der Waals surface area contributed by atoms with Crippen molar-refractivity contribution in [3.8, 4) is 0 Å². The van der Waals surface area contributed by atoms with E-state index in [-0.39, 0.29) is 5.48 Å². The van der Waals surface area contributed by atoms with E-state index in [1.807, 2.05) is 0 Å². The fourth-order valence-corrected chi connectivity index (χ4v) is 0.584. The van der Waals surface area contributed by atoms with Crippen molar-refractivity contribution in [2.45, 2.75) is 26.7 Å². The number of rotatable bonds is 3. The molecule has 0 aromatic heterocycles. The van der Waals surface area contributed by atoms with Crippen molar-refractivity contribution in [2.75, 3.05) is 6.61 Å². The summed E-state index contributed by atoms with van der Waals surface area (Å²) in [5.41, 5.74) is 0. The topological polar surface area (TPSA) is 51.7 Å². The predicted octanol–water partition coefficient (Wildman–Crippen LogP) is 0.590.